The van der Waals surface area contributed by atoms with Crippen LogP contribution in [-0.4, -0.2) is 17.9 Å². The second-order valence-corrected chi connectivity index (χ2v) is 2.75. The van der Waals surface area contributed by atoms with E-state index in [2.05, 4.69) is 0 Å². The summed E-state index contributed by atoms with van der Waals surface area (Å²) < 4.78 is 12.2. The van der Waals surface area contributed by atoms with Crippen LogP contribution in [0.15, 0.2) is 0 Å². The molecule has 0 bridgehead atoms. The zero-order valence-electron chi connectivity index (χ0n) is 6.10. The van der Waals surface area contributed by atoms with Gasteiger partial charge < -0.3 is 5.11 Å². The predicted molar refractivity (Wildman–Crippen MR) is 36.1 cm³/mol. The highest BCUT2D eigenvalue weighted by Gasteiger charge is 2.04. The zero-order valence-corrected chi connectivity index (χ0v) is 6.10. The van der Waals surface area contributed by atoms with Gasteiger partial charge in [0.1, 0.15) is 6.17 Å². The first kappa shape index (κ1) is 8.89. The molecule has 0 aliphatic rings. The lowest BCUT2D eigenvalue weighted by Gasteiger charge is -2.05. The summed E-state index contributed by atoms with van der Waals surface area (Å²) in [6.45, 7) is 3.76. The van der Waals surface area contributed by atoms with Gasteiger partial charge in [-0.2, -0.15) is 0 Å². The highest BCUT2D eigenvalue weighted by Crippen LogP contribution is 2.08. The van der Waals surface area contributed by atoms with Crippen LogP contribution in [0.25, 0.3) is 0 Å². The topological polar surface area (TPSA) is 20.2 Å². The van der Waals surface area contributed by atoms with Crippen molar-refractivity contribution in [2.45, 2.75) is 32.9 Å². The molecule has 0 aromatic carbocycles. The van der Waals surface area contributed by atoms with Crippen molar-refractivity contribution in [3.8, 4) is 0 Å². The van der Waals surface area contributed by atoms with E-state index in [1.807, 2.05) is 13.8 Å². The minimum absolute atomic E-state index is 0.327. The van der Waals surface area contributed by atoms with Crippen molar-refractivity contribution in [3.63, 3.8) is 0 Å². The summed E-state index contributed by atoms with van der Waals surface area (Å²) in [6, 6.07) is 0. The van der Waals surface area contributed by atoms with Crippen LogP contribution in [0.4, 0.5) is 4.39 Å². The Bertz CT molecular complexity index is 63.9. The molecular weight excluding hydrogens is 119 g/mol. The van der Waals surface area contributed by atoms with E-state index in [0.29, 0.717) is 12.3 Å². The molecule has 0 saturated heterocycles. The van der Waals surface area contributed by atoms with E-state index in [4.69, 9.17) is 5.11 Å². The first-order chi connectivity index (χ1) is 4.16. The highest BCUT2D eigenvalue weighted by atomic mass is 19.1. The Balaban J connectivity index is 3.06. The Morgan fingerprint density at radius 2 is 1.89 bits per heavy atom. The van der Waals surface area contributed by atoms with Crippen molar-refractivity contribution in [1.82, 2.24) is 0 Å². The van der Waals surface area contributed by atoms with Crippen molar-refractivity contribution in [1.29, 1.82) is 0 Å². The summed E-state index contributed by atoms with van der Waals surface area (Å²) in [4.78, 5) is 0. The van der Waals surface area contributed by atoms with Gasteiger partial charge in [-0.25, -0.2) is 4.39 Å². The van der Waals surface area contributed by atoms with Gasteiger partial charge in [-0.15, -0.1) is 0 Å². The molecule has 0 rings (SSSR count). The molecule has 0 radical (unpaired) electrons. The normalized spacial score (nSPS) is 14.3. The molecule has 0 saturated carbocycles. The van der Waals surface area contributed by atoms with Gasteiger partial charge in [0, 0.05) is 0 Å². The van der Waals surface area contributed by atoms with E-state index >= 15 is 0 Å². The van der Waals surface area contributed by atoms with Gasteiger partial charge in [-0.05, 0) is 18.8 Å². The second kappa shape index (κ2) is 4.74. The standard InChI is InChI=1S/C7H15FO/c1-6(2)3-4-7(8)5-9/h6-7,9H,3-5H2,1-2H3. The third kappa shape index (κ3) is 5.77. The maximum Gasteiger partial charge on any atom is 0.123 e. The lowest BCUT2D eigenvalue weighted by molar-refractivity contribution is 0.164. The smallest absolute Gasteiger partial charge is 0.123 e. The monoisotopic (exact) mass is 134 g/mol. The summed E-state index contributed by atoms with van der Waals surface area (Å²) in [7, 11) is 0. The molecule has 1 unspecified atom stereocenters. The largest absolute Gasteiger partial charge is 0.393 e. The lowest BCUT2D eigenvalue weighted by Crippen LogP contribution is -2.06. The van der Waals surface area contributed by atoms with E-state index in [9.17, 15) is 4.39 Å². The molecular formula is C7H15FO. The van der Waals surface area contributed by atoms with E-state index in [1.54, 1.807) is 0 Å². The average molecular weight is 134 g/mol. The Morgan fingerprint density at radius 3 is 2.22 bits per heavy atom. The number of aliphatic hydroxyl groups is 1. The molecule has 0 aromatic heterocycles. The van der Waals surface area contributed by atoms with Gasteiger partial charge in [0.2, 0.25) is 0 Å². The summed E-state index contributed by atoms with van der Waals surface area (Å²) in [5, 5.41) is 8.27. The lowest BCUT2D eigenvalue weighted by atomic mass is 10.1. The molecule has 0 heterocycles. The number of hydrogen-bond donors (Lipinski definition) is 1. The van der Waals surface area contributed by atoms with Gasteiger partial charge in [0.25, 0.3) is 0 Å². The van der Waals surface area contributed by atoms with Crippen LogP contribution in [0.5, 0.6) is 0 Å². The van der Waals surface area contributed by atoms with Gasteiger partial charge in [0.15, 0.2) is 0 Å². The fourth-order valence-electron chi connectivity index (χ4n) is 0.605. The van der Waals surface area contributed by atoms with Gasteiger partial charge in [-0.3, -0.25) is 0 Å². The Kier molecular flexibility index (Phi) is 4.68. The van der Waals surface area contributed by atoms with E-state index in [0.717, 1.165) is 6.42 Å². The highest BCUT2D eigenvalue weighted by molar-refractivity contribution is 4.54. The second-order valence-electron chi connectivity index (χ2n) is 2.75. The quantitative estimate of drug-likeness (QED) is 0.621. The molecule has 0 spiro atoms. The Labute approximate surface area is 55.9 Å². The number of halogens is 1. The third-order valence-electron chi connectivity index (χ3n) is 1.26. The van der Waals surface area contributed by atoms with Gasteiger partial charge in [0.05, 0.1) is 6.61 Å². The number of aliphatic hydroxyl groups excluding tert-OH is 1. The fourth-order valence-corrected chi connectivity index (χ4v) is 0.605. The molecule has 0 aliphatic heterocycles. The molecule has 1 atom stereocenters. The van der Waals surface area contributed by atoms with E-state index in [-0.39, 0.29) is 6.61 Å². The molecule has 0 fully saturated rings. The van der Waals surface area contributed by atoms with Crippen molar-refractivity contribution < 1.29 is 9.50 Å². The molecule has 9 heavy (non-hydrogen) atoms. The van der Waals surface area contributed by atoms with Crippen molar-refractivity contribution in [2.75, 3.05) is 6.61 Å². The average Bonchev–Trinajstić information content (AvgIpc) is 1.83. The van der Waals surface area contributed by atoms with Crippen LogP contribution in [0.2, 0.25) is 0 Å². The van der Waals surface area contributed by atoms with Crippen LogP contribution in [-0.2, 0) is 0 Å². The minimum atomic E-state index is -1.01. The molecule has 2 heteroatoms. The molecule has 0 aromatic rings. The third-order valence-corrected chi connectivity index (χ3v) is 1.26. The van der Waals surface area contributed by atoms with Crippen LogP contribution in [0.3, 0.4) is 0 Å². The summed E-state index contributed by atoms with van der Waals surface area (Å²) >= 11 is 0. The molecule has 56 valence electrons. The minimum Gasteiger partial charge on any atom is -0.393 e. The van der Waals surface area contributed by atoms with Crippen molar-refractivity contribution in [3.05, 3.63) is 0 Å². The van der Waals surface area contributed by atoms with Crippen molar-refractivity contribution in [2.24, 2.45) is 5.92 Å². The summed E-state index contributed by atoms with van der Waals surface area (Å²) in [5.74, 6) is 0.537. The molecule has 0 aliphatic carbocycles. The molecule has 1 N–H and O–H groups in total. The maximum atomic E-state index is 12.2. The van der Waals surface area contributed by atoms with Crippen LogP contribution in [0, 0.1) is 5.92 Å². The van der Waals surface area contributed by atoms with E-state index in [1.165, 1.54) is 0 Å². The van der Waals surface area contributed by atoms with Crippen LogP contribution < -0.4 is 0 Å². The fraction of sp³-hybridized carbons (Fsp3) is 1.00. The van der Waals surface area contributed by atoms with Crippen LogP contribution >= 0.6 is 0 Å². The summed E-state index contributed by atoms with van der Waals surface area (Å²) in [6.07, 6.45) is 0.350. The number of alkyl halides is 1. The predicted octanol–water partition coefficient (Wildman–Crippen LogP) is 1.75. The Morgan fingerprint density at radius 1 is 1.33 bits per heavy atom. The maximum absolute atomic E-state index is 12.2. The molecule has 1 nitrogen and oxygen atoms in total. The summed E-state index contributed by atoms with van der Waals surface area (Å²) in [5.41, 5.74) is 0. The SMILES string of the molecule is CC(C)CCC(F)CO. The van der Waals surface area contributed by atoms with Crippen LogP contribution in [0.1, 0.15) is 26.7 Å². The molecule has 0 amide bonds. The number of hydrogen-bond acceptors (Lipinski definition) is 1. The Hall–Kier alpha value is -0.110. The first-order valence-corrected chi connectivity index (χ1v) is 3.41. The van der Waals surface area contributed by atoms with E-state index < -0.39 is 6.17 Å². The number of rotatable bonds is 4. The van der Waals surface area contributed by atoms with Crippen molar-refractivity contribution >= 4 is 0 Å². The van der Waals surface area contributed by atoms with Gasteiger partial charge >= 0.3 is 0 Å². The first-order valence-electron chi connectivity index (χ1n) is 3.41. The zero-order chi connectivity index (χ0) is 7.28. The van der Waals surface area contributed by atoms with Gasteiger partial charge in [-0.1, -0.05) is 13.8 Å².